The summed E-state index contributed by atoms with van der Waals surface area (Å²) in [4.78, 5) is 19.5. The lowest BCUT2D eigenvalue weighted by Gasteiger charge is -2.30. The maximum absolute atomic E-state index is 12.8. The van der Waals surface area contributed by atoms with Crippen molar-refractivity contribution >= 4 is 27.5 Å². The molecule has 1 aliphatic heterocycles. The molecule has 0 radical (unpaired) electrons. The molecule has 0 saturated carbocycles. The second-order valence-corrected chi connectivity index (χ2v) is 8.63. The third kappa shape index (κ3) is 5.83. The number of benzene rings is 2. The summed E-state index contributed by atoms with van der Waals surface area (Å²) in [7, 11) is 0. The van der Waals surface area contributed by atoms with Gasteiger partial charge in [-0.3, -0.25) is 9.69 Å². The second-order valence-electron chi connectivity index (χ2n) is 7.71. The highest BCUT2D eigenvalue weighted by molar-refractivity contribution is 9.10. The monoisotopic (exact) mass is 496 g/mol. The van der Waals surface area contributed by atoms with Gasteiger partial charge in [0, 0.05) is 22.3 Å². The van der Waals surface area contributed by atoms with E-state index in [1.54, 1.807) is 6.08 Å². The van der Waals surface area contributed by atoms with Crippen LogP contribution in [0.5, 0.6) is 5.75 Å². The Morgan fingerprint density at radius 1 is 1.31 bits per heavy atom. The van der Waals surface area contributed by atoms with Crippen molar-refractivity contribution in [2.24, 2.45) is 5.92 Å². The molecule has 1 aliphatic rings. The number of halogens is 1. The quantitative estimate of drug-likeness (QED) is 0.446. The summed E-state index contributed by atoms with van der Waals surface area (Å²) in [6.07, 6.45) is 3.50. The first kappa shape index (κ1) is 22.2. The first-order valence-corrected chi connectivity index (χ1v) is 11.4. The van der Waals surface area contributed by atoms with Gasteiger partial charge in [-0.05, 0) is 55.8 Å². The summed E-state index contributed by atoms with van der Waals surface area (Å²) >= 11 is 3.46. The molecule has 3 aromatic rings. The number of carbonyl (C=O) groups excluding carboxylic acids is 1. The minimum Gasteiger partial charge on any atom is -0.490 e. The Morgan fingerprint density at radius 2 is 2.16 bits per heavy atom. The maximum atomic E-state index is 12.8. The number of amides is 1. The molecule has 1 saturated heterocycles. The number of hydrogen-bond donors (Lipinski definition) is 1. The van der Waals surface area contributed by atoms with Gasteiger partial charge in [-0.25, -0.2) is 0 Å². The number of nitrogens with zero attached hydrogens (tertiary/aromatic N) is 3. The van der Waals surface area contributed by atoms with Crippen molar-refractivity contribution in [1.29, 1.82) is 0 Å². The molecular formula is C24H25BrN4O3. The molecule has 0 bridgehead atoms. The van der Waals surface area contributed by atoms with E-state index in [1.165, 1.54) is 0 Å². The van der Waals surface area contributed by atoms with Gasteiger partial charge in [0.15, 0.2) is 0 Å². The highest BCUT2D eigenvalue weighted by Gasteiger charge is 2.27. The second kappa shape index (κ2) is 10.6. The van der Waals surface area contributed by atoms with Crippen LogP contribution < -0.4 is 10.1 Å². The minimum atomic E-state index is -0.0899. The molecule has 2 aromatic carbocycles. The molecule has 2 heterocycles. The summed E-state index contributed by atoms with van der Waals surface area (Å²) in [6.45, 7) is 6.16. The first-order chi connectivity index (χ1) is 15.6. The molecule has 1 unspecified atom stereocenters. The highest BCUT2D eigenvalue weighted by atomic mass is 79.9. The van der Waals surface area contributed by atoms with Crippen molar-refractivity contribution in [3.05, 3.63) is 71.5 Å². The summed E-state index contributed by atoms with van der Waals surface area (Å²) in [5.41, 5.74) is 1.65. The lowest BCUT2D eigenvalue weighted by Crippen LogP contribution is -2.40. The number of hydrogen-bond acceptors (Lipinski definition) is 6. The number of anilines is 1. The van der Waals surface area contributed by atoms with E-state index in [2.05, 4.69) is 42.9 Å². The predicted octanol–water partition coefficient (Wildman–Crippen LogP) is 4.91. The summed E-state index contributed by atoms with van der Waals surface area (Å²) in [6, 6.07) is 15.2. The van der Waals surface area contributed by atoms with E-state index in [1.807, 2.05) is 48.5 Å². The molecule has 32 heavy (non-hydrogen) atoms. The Hall–Kier alpha value is -2.97. The molecule has 1 fully saturated rings. The Kier molecular flexibility index (Phi) is 7.34. The SMILES string of the molecule is C=CCOc1ccc(NC(=O)C2CCCN(Cc3nc(-c4cccc(Br)c4)no3)C2)cc1. The van der Waals surface area contributed by atoms with Gasteiger partial charge in [0.2, 0.25) is 17.6 Å². The van der Waals surface area contributed by atoms with Gasteiger partial charge in [-0.2, -0.15) is 4.98 Å². The van der Waals surface area contributed by atoms with Crippen LogP contribution in [-0.2, 0) is 11.3 Å². The van der Waals surface area contributed by atoms with Crippen LogP contribution in [0.15, 0.2) is 70.2 Å². The number of piperidine rings is 1. The van der Waals surface area contributed by atoms with Crippen LogP contribution in [0.4, 0.5) is 5.69 Å². The lowest BCUT2D eigenvalue weighted by atomic mass is 9.97. The Labute approximate surface area is 195 Å². The van der Waals surface area contributed by atoms with E-state index in [0.717, 1.165) is 40.9 Å². The fraction of sp³-hybridized carbons (Fsp3) is 0.292. The predicted molar refractivity (Wildman–Crippen MR) is 126 cm³/mol. The van der Waals surface area contributed by atoms with E-state index in [-0.39, 0.29) is 11.8 Å². The van der Waals surface area contributed by atoms with Gasteiger partial charge < -0.3 is 14.6 Å². The van der Waals surface area contributed by atoms with Crippen LogP contribution in [0.25, 0.3) is 11.4 Å². The zero-order valence-electron chi connectivity index (χ0n) is 17.7. The average Bonchev–Trinajstić information content (AvgIpc) is 3.27. The molecule has 1 atom stereocenters. The van der Waals surface area contributed by atoms with E-state index >= 15 is 0 Å². The molecule has 166 valence electrons. The van der Waals surface area contributed by atoms with Gasteiger partial charge in [-0.15, -0.1) is 0 Å². The third-order valence-electron chi connectivity index (χ3n) is 5.28. The smallest absolute Gasteiger partial charge is 0.241 e. The summed E-state index contributed by atoms with van der Waals surface area (Å²) in [5, 5.41) is 7.11. The number of carbonyl (C=O) groups is 1. The zero-order valence-corrected chi connectivity index (χ0v) is 19.3. The van der Waals surface area contributed by atoms with Gasteiger partial charge in [0.25, 0.3) is 0 Å². The van der Waals surface area contributed by atoms with Gasteiger partial charge in [0.1, 0.15) is 12.4 Å². The van der Waals surface area contributed by atoms with E-state index < -0.39 is 0 Å². The Balaban J connectivity index is 1.32. The van der Waals surface area contributed by atoms with Crippen molar-refractivity contribution < 1.29 is 14.1 Å². The number of likely N-dealkylation sites (tertiary alicyclic amines) is 1. The van der Waals surface area contributed by atoms with Crippen molar-refractivity contribution in [3.8, 4) is 17.1 Å². The number of ether oxygens (including phenoxy) is 1. The summed E-state index contributed by atoms with van der Waals surface area (Å²) < 4.78 is 11.9. The van der Waals surface area contributed by atoms with Gasteiger partial charge in [0.05, 0.1) is 12.5 Å². The van der Waals surface area contributed by atoms with Crippen LogP contribution in [-0.4, -0.2) is 40.6 Å². The van der Waals surface area contributed by atoms with Crippen LogP contribution in [0.1, 0.15) is 18.7 Å². The number of nitrogens with one attached hydrogen (secondary N) is 1. The largest absolute Gasteiger partial charge is 0.490 e. The van der Waals surface area contributed by atoms with Crippen molar-refractivity contribution in [2.75, 3.05) is 25.0 Å². The first-order valence-electron chi connectivity index (χ1n) is 10.6. The van der Waals surface area contributed by atoms with Crippen molar-refractivity contribution in [2.45, 2.75) is 19.4 Å². The Bertz CT molecular complexity index is 1070. The number of rotatable bonds is 8. The fourth-order valence-corrected chi connectivity index (χ4v) is 4.10. The summed E-state index contributed by atoms with van der Waals surface area (Å²) in [5.74, 6) is 1.79. The number of aromatic nitrogens is 2. The van der Waals surface area contributed by atoms with Crippen LogP contribution in [0, 0.1) is 5.92 Å². The van der Waals surface area contributed by atoms with Crippen molar-refractivity contribution in [1.82, 2.24) is 15.0 Å². The highest BCUT2D eigenvalue weighted by Crippen LogP contribution is 2.23. The Morgan fingerprint density at radius 3 is 2.94 bits per heavy atom. The molecule has 0 spiro atoms. The molecule has 7 nitrogen and oxygen atoms in total. The molecular weight excluding hydrogens is 472 g/mol. The van der Waals surface area contributed by atoms with E-state index in [4.69, 9.17) is 9.26 Å². The molecule has 1 N–H and O–H groups in total. The minimum absolute atomic E-state index is 0.0230. The third-order valence-corrected chi connectivity index (χ3v) is 5.77. The lowest BCUT2D eigenvalue weighted by molar-refractivity contribution is -0.121. The van der Waals surface area contributed by atoms with E-state index in [9.17, 15) is 4.79 Å². The standard InChI is InChI=1S/C24H25BrN4O3/c1-2-13-31-21-10-8-20(9-11-21)26-24(30)18-6-4-12-29(15-18)16-22-27-23(28-32-22)17-5-3-7-19(25)14-17/h2-3,5,7-11,14,18H,1,4,6,12-13,15-16H2,(H,26,30). The average molecular weight is 497 g/mol. The normalized spacial score (nSPS) is 16.5. The molecule has 1 amide bonds. The van der Waals surface area contributed by atoms with Crippen LogP contribution in [0.2, 0.25) is 0 Å². The zero-order chi connectivity index (χ0) is 22.3. The van der Waals surface area contributed by atoms with Crippen LogP contribution >= 0.6 is 15.9 Å². The molecule has 1 aromatic heterocycles. The van der Waals surface area contributed by atoms with Crippen LogP contribution in [0.3, 0.4) is 0 Å². The topological polar surface area (TPSA) is 80.5 Å². The van der Waals surface area contributed by atoms with Crippen molar-refractivity contribution in [3.63, 3.8) is 0 Å². The molecule has 4 rings (SSSR count). The van der Waals surface area contributed by atoms with E-state index in [0.29, 0.717) is 31.4 Å². The fourth-order valence-electron chi connectivity index (χ4n) is 3.70. The molecule has 8 heteroatoms. The van der Waals surface area contributed by atoms with Gasteiger partial charge in [-0.1, -0.05) is 45.9 Å². The maximum Gasteiger partial charge on any atom is 0.241 e. The van der Waals surface area contributed by atoms with Gasteiger partial charge >= 0.3 is 0 Å². The molecule has 0 aliphatic carbocycles.